The summed E-state index contributed by atoms with van der Waals surface area (Å²) in [5, 5.41) is 14.7. The topological polar surface area (TPSA) is 80.9 Å². The second kappa shape index (κ2) is 6.32. The number of carbonyl (C=O) groups is 1. The van der Waals surface area contributed by atoms with Gasteiger partial charge in [0.1, 0.15) is 5.69 Å². The fourth-order valence-corrected chi connectivity index (χ4v) is 3.67. The number of hydrogen-bond donors (Lipinski definition) is 1. The van der Waals surface area contributed by atoms with Crippen LogP contribution in [0.15, 0.2) is 48.9 Å². The van der Waals surface area contributed by atoms with E-state index in [1.807, 2.05) is 45.2 Å². The molecule has 27 heavy (non-hydrogen) atoms. The van der Waals surface area contributed by atoms with E-state index in [1.165, 1.54) is 0 Å². The van der Waals surface area contributed by atoms with Gasteiger partial charge in [-0.1, -0.05) is 0 Å². The first kappa shape index (κ1) is 16.9. The molecular formula is C21H18N4O2. The molecular weight excluding hydrogens is 340 g/mol. The molecule has 0 spiro atoms. The Hall–Kier alpha value is -3.54. The van der Waals surface area contributed by atoms with Crippen LogP contribution in [-0.4, -0.2) is 30.8 Å². The molecule has 0 radical (unpaired) electrons. The molecule has 0 atom stereocenters. The van der Waals surface area contributed by atoms with Crippen LogP contribution in [0.2, 0.25) is 0 Å². The monoisotopic (exact) mass is 358 g/mol. The van der Waals surface area contributed by atoms with Crippen LogP contribution in [-0.2, 0) is 7.05 Å². The standard InChI is InChI=1S/C21H18N4O2/c1-12-10-16-20(13(2)19(12)14-4-7-22-8-5-14)15(11-17(24-16)21(26)27)18-6-9-23-25(18)3/h4-11H,1-3H3,(H,26,27). The van der Waals surface area contributed by atoms with E-state index in [4.69, 9.17) is 0 Å². The summed E-state index contributed by atoms with van der Waals surface area (Å²) < 4.78 is 1.74. The van der Waals surface area contributed by atoms with Gasteiger partial charge < -0.3 is 5.11 Å². The number of hydrogen-bond acceptors (Lipinski definition) is 4. The average molecular weight is 358 g/mol. The number of nitrogens with zero attached hydrogens (tertiary/aromatic N) is 4. The molecule has 0 aliphatic heterocycles. The van der Waals surface area contributed by atoms with Gasteiger partial charge in [0.25, 0.3) is 0 Å². The number of fused-ring (bicyclic) bond motifs is 1. The van der Waals surface area contributed by atoms with Crippen LogP contribution in [0.4, 0.5) is 0 Å². The largest absolute Gasteiger partial charge is 0.477 e. The van der Waals surface area contributed by atoms with Crippen LogP contribution >= 0.6 is 0 Å². The van der Waals surface area contributed by atoms with Gasteiger partial charge in [0.05, 0.1) is 11.2 Å². The summed E-state index contributed by atoms with van der Waals surface area (Å²) in [4.78, 5) is 20.1. The van der Waals surface area contributed by atoms with Crippen molar-refractivity contribution >= 4 is 16.9 Å². The van der Waals surface area contributed by atoms with E-state index in [2.05, 4.69) is 15.1 Å². The van der Waals surface area contributed by atoms with Gasteiger partial charge >= 0.3 is 5.97 Å². The van der Waals surface area contributed by atoms with Gasteiger partial charge in [0.15, 0.2) is 0 Å². The Morgan fingerprint density at radius 1 is 1.07 bits per heavy atom. The van der Waals surface area contributed by atoms with Gasteiger partial charge in [-0.3, -0.25) is 9.67 Å². The highest BCUT2D eigenvalue weighted by Gasteiger charge is 2.19. The summed E-state index contributed by atoms with van der Waals surface area (Å²) in [6.07, 6.45) is 5.24. The van der Waals surface area contributed by atoms with Crippen molar-refractivity contribution in [3.05, 3.63) is 65.7 Å². The summed E-state index contributed by atoms with van der Waals surface area (Å²) in [5.74, 6) is -1.05. The van der Waals surface area contributed by atoms with E-state index < -0.39 is 5.97 Å². The molecule has 0 aliphatic rings. The molecule has 134 valence electrons. The molecule has 0 saturated carbocycles. The Labute approximate surface area is 156 Å². The molecule has 0 amide bonds. The van der Waals surface area contributed by atoms with Gasteiger partial charge in [-0.15, -0.1) is 0 Å². The molecule has 0 fully saturated rings. The molecule has 0 aliphatic carbocycles. The molecule has 0 bridgehead atoms. The molecule has 1 aromatic carbocycles. The van der Waals surface area contributed by atoms with Gasteiger partial charge in [-0.05, 0) is 66.4 Å². The average Bonchev–Trinajstić information content (AvgIpc) is 3.07. The smallest absolute Gasteiger partial charge is 0.354 e. The predicted octanol–water partition coefficient (Wildman–Crippen LogP) is 4.01. The fraction of sp³-hybridized carbons (Fsp3) is 0.143. The molecule has 6 nitrogen and oxygen atoms in total. The fourth-order valence-electron chi connectivity index (χ4n) is 3.67. The number of rotatable bonds is 3. The van der Waals surface area contributed by atoms with Crippen LogP contribution in [0.5, 0.6) is 0 Å². The second-order valence-corrected chi connectivity index (χ2v) is 6.52. The highest BCUT2D eigenvalue weighted by molar-refractivity contribution is 6.03. The van der Waals surface area contributed by atoms with Crippen LogP contribution in [0.25, 0.3) is 33.3 Å². The number of carboxylic acid groups (broad SMARTS) is 1. The summed E-state index contributed by atoms with van der Waals surface area (Å²) in [6, 6.07) is 9.41. The number of aromatic nitrogens is 4. The number of aryl methyl sites for hydroxylation is 3. The Morgan fingerprint density at radius 2 is 1.81 bits per heavy atom. The highest BCUT2D eigenvalue weighted by atomic mass is 16.4. The zero-order valence-electron chi connectivity index (χ0n) is 15.3. The molecule has 1 N–H and O–H groups in total. The van der Waals surface area contributed by atoms with Crippen molar-refractivity contribution in [2.75, 3.05) is 0 Å². The Morgan fingerprint density at radius 3 is 2.44 bits per heavy atom. The number of carboxylic acids is 1. The van der Waals surface area contributed by atoms with E-state index in [1.54, 1.807) is 29.3 Å². The maximum Gasteiger partial charge on any atom is 0.354 e. The Balaban J connectivity index is 2.14. The van der Waals surface area contributed by atoms with E-state index >= 15 is 0 Å². The summed E-state index contributed by atoms with van der Waals surface area (Å²) in [7, 11) is 1.84. The van der Waals surface area contributed by atoms with E-state index in [0.29, 0.717) is 5.52 Å². The third-order valence-corrected chi connectivity index (χ3v) is 4.83. The van der Waals surface area contributed by atoms with Crippen molar-refractivity contribution in [3.63, 3.8) is 0 Å². The summed E-state index contributed by atoms with van der Waals surface area (Å²) in [5.41, 5.74) is 6.61. The SMILES string of the molecule is Cc1cc2nc(C(=O)O)cc(-c3ccnn3C)c2c(C)c1-c1ccncc1. The Kier molecular flexibility index (Phi) is 3.96. The number of pyridine rings is 2. The first-order valence-corrected chi connectivity index (χ1v) is 8.54. The van der Waals surface area contributed by atoms with E-state index in [0.717, 1.165) is 38.9 Å². The van der Waals surface area contributed by atoms with Crippen molar-refractivity contribution < 1.29 is 9.90 Å². The lowest BCUT2D eigenvalue weighted by molar-refractivity contribution is 0.0691. The Bertz CT molecular complexity index is 1180. The maximum atomic E-state index is 11.6. The van der Waals surface area contributed by atoms with E-state index in [-0.39, 0.29) is 5.69 Å². The van der Waals surface area contributed by atoms with Gasteiger partial charge in [0, 0.05) is 36.6 Å². The summed E-state index contributed by atoms with van der Waals surface area (Å²) >= 11 is 0. The lowest BCUT2D eigenvalue weighted by Crippen LogP contribution is -2.04. The van der Waals surface area contributed by atoms with Crippen LogP contribution in [0, 0.1) is 13.8 Å². The minimum absolute atomic E-state index is 0.0224. The first-order valence-electron chi connectivity index (χ1n) is 8.54. The van der Waals surface area contributed by atoms with Crippen LogP contribution < -0.4 is 0 Å². The number of benzene rings is 1. The van der Waals surface area contributed by atoms with Crippen LogP contribution in [0.3, 0.4) is 0 Å². The zero-order valence-corrected chi connectivity index (χ0v) is 15.3. The number of aromatic carboxylic acids is 1. The molecule has 4 aromatic rings. The lowest BCUT2D eigenvalue weighted by Gasteiger charge is -2.17. The quantitative estimate of drug-likeness (QED) is 0.598. The van der Waals surface area contributed by atoms with Crippen LogP contribution in [0.1, 0.15) is 21.6 Å². The van der Waals surface area contributed by atoms with Gasteiger partial charge in [-0.2, -0.15) is 5.10 Å². The molecule has 4 rings (SSSR count). The molecule has 0 unspecified atom stereocenters. The third-order valence-electron chi connectivity index (χ3n) is 4.83. The minimum atomic E-state index is -1.05. The zero-order chi connectivity index (χ0) is 19.1. The van der Waals surface area contributed by atoms with Crippen molar-refractivity contribution in [2.45, 2.75) is 13.8 Å². The van der Waals surface area contributed by atoms with Crippen molar-refractivity contribution in [1.82, 2.24) is 19.7 Å². The lowest BCUT2D eigenvalue weighted by atomic mass is 9.90. The molecule has 6 heteroatoms. The molecule has 3 heterocycles. The first-order chi connectivity index (χ1) is 13.0. The van der Waals surface area contributed by atoms with Gasteiger partial charge in [-0.25, -0.2) is 9.78 Å². The minimum Gasteiger partial charge on any atom is -0.477 e. The third kappa shape index (κ3) is 2.75. The van der Waals surface area contributed by atoms with Crippen molar-refractivity contribution in [3.8, 4) is 22.4 Å². The second-order valence-electron chi connectivity index (χ2n) is 6.52. The van der Waals surface area contributed by atoms with E-state index in [9.17, 15) is 9.90 Å². The maximum absolute atomic E-state index is 11.6. The molecule has 3 aromatic heterocycles. The van der Waals surface area contributed by atoms with Crippen molar-refractivity contribution in [2.24, 2.45) is 7.05 Å². The normalized spacial score (nSPS) is 11.1. The summed E-state index contributed by atoms with van der Waals surface area (Å²) in [6.45, 7) is 4.06. The van der Waals surface area contributed by atoms with Crippen molar-refractivity contribution in [1.29, 1.82) is 0 Å². The molecule has 0 saturated heterocycles. The van der Waals surface area contributed by atoms with Gasteiger partial charge in [0.2, 0.25) is 0 Å². The predicted molar refractivity (Wildman–Crippen MR) is 104 cm³/mol. The highest BCUT2D eigenvalue weighted by Crippen LogP contribution is 2.37.